The van der Waals surface area contributed by atoms with Crippen molar-refractivity contribution < 1.29 is 18.7 Å². The van der Waals surface area contributed by atoms with Gasteiger partial charge in [-0.05, 0) is 62.4 Å². The van der Waals surface area contributed by atoms with Gasteiger partial charge in [-0.25, -0.2) is 13.9 Å². The van der Waals surface area contributed by atoms with Gasteiger partial charge in [0, 0.05) is 25.7 Å². The van der Waals surface area contributed by atoms with Gasteiger partial charge in [-0.3, -0.25) is 9.78 Å². The average Bonchev–Trinajstić information content (AvgIpc) is 2.81. The van der Waals surface area contributed by atoms with Crippen LogP contribution in [0, 0.1) is 5.82 Å². The lowest BCUT2D eigenvalue weighted by atomic mass is 9.96. The Bertz CT molecular complexity index is 1250. The average molecular weight is 481 g/mol. The molecule has 35 heavy (non-hydrogen) atoms. The summed E-state index contributed by atoms with van der Waals surface area (Å²) in [4.78, 5) is 30.6. The largest absolute Gasteiger partial charge is 0.485 e. The van der Waals surface area contributed by atoms with Crippen LogP contribution in [0.3, 0.4) is 0 Å². The van der Waals surface area contributed by atoms with Gasteiger partial charge in [0.25, 0.3) is 5.56 Å². The number of halogens is 1. The van der Waals surface area contributed by atoms with E-state index in [0.717, 1.165) is 23.7 Å². The fourth-order valence-corrected chi connectivity index (χ4v) is 3.80. The van der Waals surface area contributed by atoms with Crippen molar-refractivity contribution in [1.29, 1.82) is 0 Å². The summed E-state index contributed by atoms with van der Waals surface area (Å²) in [6.07, 6.45) is 3.69. The lowest BCUT2D eigenvalue weighted by Crippen LogP contribution is -2.39. The van der Waals surface area contributed by atoms with Crippen molar-refractivity contribution in [3.05, 3.63) is 87.3 Å². The maximum Gasteiger partial charge on any atom is 0.410 e. The van der Waals surface area contributed by atoms with Crippen LogP contribution in [0.4, 0.5) is 9.18 Å². The molecule has 3 aromatic rings. The standard InChI is InChI=1S/C26H29FN4O4/c1-26(2,3)35-25(33)30-10-9-19-5-4-18(12-20(19)16-30)8-11-31-24(32)13-23(15-29-31)34-17-22-7-6-21(27)14-28-22/h4-7,12-15H,8-11,16-17H2,1-3H3. The second-order valence-electron chi connectivity index (χ2n) is 9.51. The molecule has 3 heterocycles. The molecule has 0 saturated heterocycles. The molecule has 1 aromatic carbocycles. The molecule has 0 unspecified atom stereocenters. The van der Waals surface area contributed by atoms with Gasteiger partial charge in [-0.2, -0.15) is 5.10 Å². The quantitative estimate of drug-likeness (QED) is 0.532. The number of benzene rings is 1. The third-order valence-corrected chi connectivity index (χ3v) is 5.57. The van der Waals surface area contributed by atoms with Gasteiger partial charge in [-0.1, -0.05) is 18.2 Å². The van der Waals surface area contributed by atoms with Crippen LogP contribution in [0.25, 0.3) is 0 Å². The molecule has 0 atom stereocenters. The van der Waals surface area contributed by atoms with E-state index in [0.29, 0.717) is 37.5 Å². The Morgan fingerprint density at radius 3 is 2.66 bits per heavy atom. The Kier molecular flexibility index (Phi) is 7.14. The molecule has 9 heteroatoms. The lowest BCUT2D eigenvalue weighted by Gasteiger charge is -2.31. The molecule has 0 fully saturated rings. The van der Waals surface area contributed by atoms with Crippen molar-refractivity contribution in [3.63, 3.8) is 0 Å². The van der Waals surface area contributed by atoms with Crippen LogP contribution in [0.15, 0.2) is 53.6 Å². The van der Waals surface area contributed by atoms with Crippen LogP contribution in [0.5, 0.6) is 5.75 Å². The number of aryl methyl sites for hydroxylation is 2. The molecule has 184 valence electrons. The third-order valence-electron chi connectivity index (χ3n) is 5.57. The Balaban J connectivity index is 1.35. The molecule has 0 radical (unpaired) electrons. The van der Waals surface area contributed by atoms with E-state index >= 15 is 0 Å². The van der Waals surface area contributed by atoms with Gasteiger partial charge in [0.05, 0.1) is 18.1 Å². The number of hydrogen-bond acceptors (Lipinski definition) is 6. The molecule has 1 amide bonds. The molecule has 0 saturated carbocycles. The number of fused-ring (bicyclic) bond motifs is 1. The third kappa shape index (κ3) is 6.65. The number of carbonyl (C=O) groups is 1. The predicted octanol–water partition coefficient (Wildman–Crippen LogP) is 3.89. The van der Waals surface area contributed by atoms with Crippen LogP contribution in [-0.2, 0) is 37.3 Å². The highest BCUT2D eigenvalue weighted by Crippen LogP contribution is 2.22. The molecule has 1 aliphatic rings. The van der Waals surface area contributed by atoms with Gasteiger partial charge in [-0.15, -0.1) is 0 Å². The fraction of sp³-hybridized carbons (Fsp3) is 0.385. The molecule has 0 spiro atoms. The van der Waals surface area contributed by atoms with Crippen LogP contribution < -0.4 is 10.3 Å². The highest BCUT2D eigenvalue weighted by Gasteiger charge is 2.25. The van der Waals surface area contributed by atoms with Crippen molar-refractivity contribution in [1.82, 2.24) is 19.7 Å². The summed E-state index contributed by atoms with van der Waals surface area (Å²) >= 11 is 0. The second-order valence-corrected chi connectivity index (χ2v) is 9.51. The monoisotopic (exact) mass is 480 g/mol. The molecule has 1 aliphatic heterocycles. The summed E-state index contributed by atoms with van der Waals surface area (Å²) in [5.41, 5.74) is 3.12. The van der Waals surface area contributed by atoms with E-state index in [1.54, 1.807) is 4.90 Å². The second kappa shape index (κ2) is 10.2. The first-order valence-electron chi connectivity index (χ1n) is 11.6. The molecule has 8 nitrogen and oxygen atoms in total. The zero-order valence-corrected chi connectivity index (χ0v) is 20.2. The maximum atomic E-state index is 13.0. The normalized spacial score (nSPS) is 13.3. The van der Waals surface area contributed by atoms with Crippen LogP contribution in [0.1, 0.15) is 43.2 Å². The number of rotatable bonds is 6. The SMILES string of the molecule is CC(C)(C)OC(=O)N1CCc2ccc(CCn3ncc(OCc4ccc(F)cn4)cc3=O)cc2C1. The summed E-state index contributed by atoms with van der Waals surface area (Å²) in [6.45, 7) is 7.24. The Morgan fingerprint density at radius 2 is 1.94 bits per heavy atom. The van der Waals surface area contributed by atoms with Gasteiger partial charge < -0.3 is 14.4 Å². The highest BCUT2D eigenvalue weighted by molar-refractivity contribution is 5.68. The van der Waals surface area contributed by atoms with Crippen molar-refractivity contribution >= 4 is 6.09 Å². The lowest BCUT2D eigenvalue weighted by molar-refractivity contribution is 0.0224. The van der Waals surface area contributed by atoms with Crippen LogP contribution in [-0.4, -0.2) is 37.9 Å². The Labute approximate surface area is 203 Å². The minimum absolute atomic E-state index is 0.112. The van der Waals surface area contributed by atoms with E-state index in [9.17, 15) is 14.0 Å². The number of amides is 1. The summed E-state index contributed by atoms with van der Waals surface area (Å²) in [6, 6.07) is 10.4. The van der Waals surface area contributed by atoms with E-state index in [1.807, 2.05) is 20.8 Å². The first-order valence-corrected chi connectivity index (χ1v) is 11.6. The molecule has 2 aromatic heterocycles. The van der Waals surface area contributed by atoms with Gasteiger partial charge in [0.1, 0.15) is 23.8 Å². The molecule has 4 rings (SSSR count). The van der Waals surface area contributed by atoms with E-state index in [-0.39, 0.29) is 18.3 Å². The number of aromatic nitrogens is 3. The first-order chi connectivity index (χ1) is 16.7. The zero-order valence-electron chi connectivity index (χ0n) is 20.2. The number of nitrogens with zero attached hydrogens (tertiary/aromatic N) is 4. The summed E-state index contributed by atoms with van der Waals surface area (Å²) in [5.74, 6) is -0.0919. The number of hydrogen-bond donors (Lipinski definition) is 0. The fourth-order valence-electron chi connectivity index (χ4n) is 3.80. The van der Waals surface area contributed by atoms with E-state index in [1.165, 1.54) is 34.6 Å². The van der Waals surface area contributed by atoms with E-state index in [2.05, 4.69) is 28.3 Å². The Hall–Kier alpha value is -3.75. The van der Waals surface area contributed by atoms with Crippen molar-refractivity contribution in [3.8, 4) is 5.75 Å². The van der Waals surface area contributed by atoms with E-state index < -0.39 is 11.4 Å². The summed E-state index contributed by atoms with van der Waals surface area (Å²) in [7, 11) is 0. The molecule has 0 aliphatic carbocycles. The van der Waals surface area contributed by atoms with Crippen molar-refractivity contribution in [2.75, 3.05) is 6.54 Å². The predicted molar refractivity (Wildman–Crippen MR) is 128 cm³/mol. The van der Waals surface area contributed by atoms with Gasteiger partial charge >= 0.3 is 6.09 Å². The number of carbonyl (C=O) groups excluding carboxylic acids is 1. The molecular formula is C26H29FN4O4. The van der Waals surface area contributed by atoms with E-state index in [4.69, 9.17) is 9.47 Å². The summed E-state index contributed by atoms with van der Waals surface area (Å²) < 4.78 is 25.4. The Morgan fingerprint density at radius 1 is 1.11 bits per heavy atom. The zero-order chi connectivity index (χ0) is 25.0. The highest BCUT2D eigenvalue weighted by atomic mass is 19.1. The smallest absolute Gasteiger partial charge is 0.410 e. The number of ether oxygens (including phenoxy) is 2. The van der Waals surface area contributed by atoms with Gasteiger partial charge in [0.2, 0.25) is 0 Å². The molecular weight excluding hydrogens is 451 g/mol. The first kappa shape index (κ1) is 24.4. The minimum atomic E-state index is -0.530. The van der Waals surface area contributed by atoms with Crippen LogP contribution in [0.2, 0.25) is 0 Å². The molecule has 0 bridgehead atoms. The minimum Gasteiger partial charge on any atom is -0.485 e. The molecule has 0 N–H and O–H groups in total. The number of pyridine rings is 1. The topological polar surface area (TPSA) is 86.6 Å². The summed E-state index contributed by atoms with van der Waals surface area (Å²) in [5, 5.41) is 4.21. The van der Waals surface area contributed by atoms with Gasteiger partial charge in [0.15, 0.2) is 0 Å². The van der Waals surface area contributed by atoms with Crippen molar-refractivity contribution in [2.24, 2.45) is 0 Å². The van der Waals surface area contributed by atoms with Crippen LogP contribution >= 0.6 is 0 Å². The van der Waals surface area contributed by atoms with Crippen molar-refractivity contribution in [2.45, 2.75) is 58.9 Å². The maximum absolute atomic E-state index is 13.0.